The fourth-order valence-corrected chi connectivity index (χ4v) is 3.51. The molecule has 4 nitrogen and oxygen atoms in total. The van der Waals surface area contributed by atoms with E-state index in [4.69, 9.17) is 11.6 Å². The third kappa shape index (κ3) is 3.74. The Balaban J connectivity index is 1.85. The molecule has 2 aromatic carbocycles. The van der Waals surface area contributed by atoms with Crippen molar-refractivity contribution in [1.82, 2.24) is 10.3 Å². The number of halogens is 2. The fraction of sp³-hybridized carbons (Fsp3) is 0.105. The minimum absolute atomic E-state index is 0.128. The lowest BCUT2D eigenvalue weighted by Crippen LogP contribution is -2.28. The van der Waals surface area contributed by atoms with E-state index in [1.807, 2.05) is 18.2 Å². The first-order valence-corrected chi connectivity index (χ1v) is 8.87. The number of hydrogen-bond acceptors (Lipinski definition) is 4. The van der Waals surface area contributed by atoms with Crippen molar-refractivity contribution in [2.75, 3.05) is 0 Å². The van der Waals surface area contributed by atoms with Gasteiger partial charge in [-0.1, -0.05) is 41.9 Å². The normalized spacial score (nSPS) is 11.6. The minimum atomic E-state index is -1.08. The molecule has 0 bridgehead atoms. The molecular weight excluding hydrogens is 373 g/mol. The molecule has 0 spiro atoms. The number of aromatic nitrogens is 1. The Bertz CT molecular complexity index is 995. The van der Waals surface area contributed by atoms with Crippen LogP contribution in [-0.4, -0.2) is 10.9 Å². The number of nitriles is 1. The summed E-state index contributed by atoms with van der Waals surface area (Å²) >= 11 is 7.10. The lowest BCUT2D eigenvalue weighted by atomic mass is 10.1. The second-order valence-corrected chi connectivity index (χ2v) is 6.93. The molecule has 1 amide bonds. The number of hydrogen-bond donors (Lipinski definition) is 1. The van der Waals surface area contributed by atoms with E-state index in [1.165, 1.54) is 29.5 Å². The van der Waals surface area contributed by atoms with Gasteiger partial charge < -0.3 is 5.32 Å². The Labute approximate surface area is 158 Å². The zero-order valence-electron chi connectivity index (χ0n) is 13.7. The molecule has 1 aromatic heterocycles. The van der Waals surface area contributed by atoms with Gasteiger partial charge in [-0.2, -0.15) is 5.26 Å². The highest BCUT2D eigenvalue weighted by Crippen LogP contribution is 2.29. The van der Waals surface area contributed by atoms with E-state index >= 15 is 0 Å². The van der Waals surface area contributed by atoms with Crippen LogP contribution in [-0.2, 0) is 0 Å². The van der Waals surface area contributed by atoms with Crippen molar-refractivity contribution < 1.29 is 9.18 Å². The van der Waals surface area contributed by atoms with Gasteiger partial charge in [0.2, 0.25) is 0 Å². The van der Waals surface area contributed by atoms with Crippen molar-refractivity contribution in [3.63, 3.8) is 0 Å². The molecule has 1 unspecified atom stereocenters. The molecule has 7 heteroatoms. The Morgan fingerprint density at radius 1 is 1.27 bits per heavy atom. The summed E-state index contributed by atoms with van der Waals surface area (Å²) in [5.74, 6) is -1.00. The van der Waals surface area contributed by atoms with Crippen molar-refractivity contribution in [3.8, 4) is 16.6 Å². The highest BCUT2D eigenvalue weighted by molar-refractivity contribution is 7.17. The summed E-state index contributed by atoms with van der Waals surface area (Å²) in [6.07, 6.45) is 0. The summed E-state index contributed by atoms with van der Waals surface area (Å²) in [6, 6.07) is 13.8. The highest BCUT2D eigenvalue weighted by atomic mass is 35.5. The smallest absolute Gasteiger partial charge is 0.264 e. The van der Waals surface area contributed by atoms with Crippen LogP contribution in [0.3, 0.4) is 0 Å². The average molecular weight is 386 g/mol. The molecule has 1 heterocycles. The van der Waals surface area contributed by atoms with Gasteiger partial charge in [-0.15, -0.1) is 11.3 Å². The van der Waals surface area contributed by atoms with Crippen LogP contribution in [0.1, 0.15) is 27.0 Å². The molecule has 0 aliphatic heterocycles. The quantitative estimate of drug-likeness (QED) is 0.694. The molecule has 0 radical (unpaired) electrons. The van der Waals surface area contributed by atoms with Crippen LogP contribution < -0.4 is 5.32 Å². The van der Waals surface area contributed by atoms with Crippen LogP contribution in [0.4, 0.5) is 4.39 Å². The Morgan fingerprint density at radius 3 is 2.62 bits per heavy atom. The number of rotatable bonds is 4. The number of thiazole rings is 1. The third-order valence-electron chi connectivity index (χ3n) is 3.71. The topological polar surface area (TPSA) is 65.8 Å². The number of carbonyl (C=O) groups is 1. The SMILES string of the molecule is Cc1nc(-c2ccc(Cl)cc2)sc1C(=O)NC(C#N)c1ccccc1F. The summed E-state index contributed by atoms with van der Waals surface area (Å²) in [5.41, 5.74) is 1.51. The van der Waals surface area contributed by atoms with E-state index in [0.29, 0.717) is 20.6 Å². The summed E-state index contributed by atoms with van der Waals surface area (Å²) in [6.45, 7) is 1.72. The highest BCUT2D eigenvalue weighted by Gasteiger charge is 2.22. The van der Waals surface area contributed by atoms with Gasteiger partial charge in [-0.05, 0) is 25.1 Å². The van der Waals surface area contributed by atoms with Crippen LogP contribution in [0, 0.1) is 24.1 Å². The van der Waals surface area contributed by atoms with E-state index in [1.54, 1.807) is 25.1 Å². The van der Waals surface area contributed by atoms with Crippen LogP contribution in [0.25, 0.3) is 10.6 Å². The van der Waals surface area contributed by atoms with Crippen LogP contribution >= 0.6 is 22.9 Å². The van der Waals surface area contributed by atoms with E-state index < -0.39 is 17.8 Å². The first kappa shape index (κ1) is 18.1. The van der Waals surface area contributed by atoms with Gasteiger partial charge in [-0.3, -0.25) is 4.79 Å². The van der Waals surface area contributed by atoms with E-state index in [0.717, 1.165) is 5.56 Å². The van der Waals surface area contributed by atoms with Crippen LogP contribution in [0.5, 0.6) is 0 Å². The van der Waals surface area contributed by atoms with E-state index in [-0.39, 0.29) is 5.56 Å². The molecule has 0 saturated heterocycles. The summed E-state index contributed by atoms with van der Waals surface area (Å²) in [5, 5.41) is 13.2. The third-order valence-corrected chi connectivity index (χ3v) is 5.17. The number of nitrogens with one attached hydrogen (secondary N) is 1. The Morgan fingerprint density at radius 2 is 1.96 bits per heavy atom. The first-order valence-electron chi connectivity index (χ1n) is 7.68. The van der Waals surface area contributed by atoms with Gasteiger partial charge in [0.05, 0.1) is 11.8 Å². The molecule has 3 rings (SSSR count). The van der Waals surface area contributed by atoms with Gasteiger partial charge in [-0.25, -0.2) is 9.37 Å². The van der Waals surface area contributed by atoms with Crippen LogP contribution in [0.2, 0.25) is 5.02 Å². The Kier molecular flexibility index (Phi) is 5.31. The number of aryl methyl sites for hydroxylation is 1. The van der Waals surface area contributed by atoms with Gasteiger partial charge in [0, 0.05) is 16.1 Å². The van der Waals surface area contributed by atoms with Crippen LogP contribution in [0.15, 0.2) is 48.5 Å². The maximum absolute atomic E-state index is 13.9. The second-order valence-electron chi connectivity index (χ2n) is 5.50. The number of amides is 1. The van der Waals surface area contributed by atoms with Crippen molar-refractivity contribution in [3.05, 3.63) is 75.5 Å². The molecule has 0 aliphatic rings. The lowest BCUT2D eigenvalue weighted by molar-refractivity contribution is 0.0948. The van der Waals surface area contributed by atoms with Gasteiger partial charge in [0.25, 0.3) is 5.91 Å². The molecule has 130 valence electrons. The molecule has 0 fully saturated rings. The second kappa shape index (κ2) is 7.65. The zero-order chi connectivity index (χ0) is 18.7. The van der Waals surface area contributed by atoms with Crippen molar-refractivity contribution >= 4 is 28.8 Å². The lowest BCUT2D eigenvalue weighted by Gasteiger charge is -2.12. The fourth-order valence-electron chi connectivity index (χ4n) is 2.41. The predicted octanol–water partition coefficient (Wildman–Crippen LogP) is 4.91. The standard InChI is InChI=1S/C19H13ClFN3OS/c1-11-17(26-19(23-11)12-6-8-13(20)9-7-12)18(25)24-16(10-22)14-4-2-3-5-15(14)21/h2-9,16H,1H3,(H,24,25). The summed E-state index contributed by atoms with van der Waals surface area (Å²) in [4.78, 5) is 17.4. The van der Waals surface area contributed by atoms with Crippen molar-refractivity contribution in [2.45, 2.75) is 13.0 Å². The number of carbonyl (C=O) groups excluding carboxylic acids is 1. The Hall–Kier alpha value is -2.75. The molecule has 1 N–H and O–H groups in total. The minimum Gasteiger partial charge on any atom is -0.332 e. The molecule has 26 heavy (non-hydrogen) atoms. The molecule has 1 atom stereocenters. The van der Waals surface area contributed by atoms with Gasteiger partial charge in [0.15, 0.2) is 0 Å². The number of nitrogens with zero attached hydrogens (tertiary/aromatic N) is 2. The van der Waals surface area contributed by atoms with E-state index in [9.17, 15) is 14.4 Å². The maximum Gasteiger partial charge on any atom is 0.264 e. The van der Waals surface area contributed by atoms with E-state index in [2.05, 4.69) is 10.3 Å². The number of benzene rings is 2. The maximum atomic E-state index is 13.9. The van der Waals surface area contributed by atoms with Crippen molar-refractivity contribution in [2.24, 2.45) is 0 Å². The average Bonchev–Trinajstić information content (AvgIpc) is 3.02. The zero-order valence-corrected chi connectivity index (χ0v) is 15.2. The monoisotopic (exact) mass is 385 g/mol. The molecular formula is C19H13ClFN3OS. The summed E-state index contributed by atoms with van der Waals surface area (Å²) in [7, 11) is 0. The van der Waals surface area contributed by atoms with Gasteiger partial charge in [0.1, 0.15) is 21.7 Å². The largest absolute Gasteiger partial charge is 0.332 e. The van der Waals surface area contributed by atoms with Gasteiger partial charge >= 0.3 is 0 Å². The first-order chi connectivity index (χ1) is 12.5. The molecule has 0 saturated carbocycles. The summed E-state index contributed by atoms with van der Waals surface area (Å²) < 4.78 is 13.9. The van der Waals surface area contributed by atoms with Crippen molar-refractivity contribution in [1.29, 1.82) is 5.26 Å². The molecule has 0 aliphatic carbocycles. The predicted molar refractivity (Wildman–Crippen MR) is 99.5 cm³/mol. The molecule has 3 aromatic rings.